The predicted octanol–water partition coefficient (Wildman–Crippen LogP) is 1.59. The van der Waals surface area contributed by atoms with Gasteiger partial charge in [0.05, 0.1) is 32.3 Å². The van der Waals surface area contributed by atoms with E-state index in [1.165, 1.54) is 0 Å². The molecule has 2 unspecified atom stereocenters. The van der Waals surface area contributed by atoms with Crippen LogP contribution in [-0.4, -0.2) is 50.8 Å². The summed E-state index contributed by atoms with van der Waals surface area (Å²) in [4.78, 5) is 14.2. The van der Waals surface area contributed by atoms with Crippen LogP contribution in [0.5, 0.6) is 5.75 Å². The molecule has 0 aromatic heterocycles. The summed E-state index contributed by atoms with van der Waals surface area (Å²) in [5, 5.41) is 3.24. The van der Waals surface area contributed by atoms with Crippen molar-refractivity contribution in [1.29, 1.82) is 0 Å². The molecule has 0 radical (unpaired) electrons. The van der Waals surface area contributed by atoms with E-state index < -0.39 is 0 Å². The molecule has 2 atom stereocenters. The van der Waals surface area contributed by atoms with Gasteiger partial charge in [-0.05, 0) is 13.0 Å². The van der Waals surface area contributed by atoms with Crippen molar-refractivity contribution in [3.63, 3.8) is 0 Å². The van der Waals surface area contributed by atoms with Gasteiger partial charge in [-0.25, -0.2) is 0 Å². The summed E-state index contributed by atoms with van der Waals surface area (Å²) in [6.45, 7) is 4.28. The molecule has 5 nitrogen and oxygen atoms in total. The second kappa shape index (κ2) is 7.43. The molecular formula is C16H24N2O3. The first-order valence-electron chi connectivity index (χ1n) is 7.34. The highest BCUT2D eigenvalue weighted by Crippen LogP contribution is 2.28. The number of carbonyl (C=O) groups excluding carboxylic acids is 1. The second-order valence-electron chi connectivity index (χ2n) is 5.32. The van der Waals surface area contributed by atoms with Gasteiger partial charge in [0, 0.05) is 25.7 Å². The van der Waals surface area contributed by atoms with Gasteiger partial charge in [0.1, 0.15) is 5.75 Å². The molecule has 1 N–H and O–H groups in total. The zero-order chi connectivity index (χ0) is 15.2. The fraction of sp³-hybridized carbons (Fsp3) is 0.562. The number of para-hydroxylation sites is 1. The summed E-state index contributed by atoms with van der Waals surface area (Å²) in [6, 6.07) is 7.76. The van der Waals surface area contributed by atoms with E-state index in [4.69, 9.17) is 9.47 Å². The molecule has 0 saturated carbocycles. The van der Waals surface area contributed by atoms with Crippen LogP contribution in [-0.2, 0) is 9.53 Å². The molecule has 0 aliphatic carbocycles. The molecule has 1 heterocycles. The van der Waals surface area contributed by atoms with Crippen molar-refractivity contribution in [2.24, 2.45) is 0 Å². The maximum Gasteiger partial charge on any atom is 0.225 e. The van der Waals surface area contributed by atoms with Gasteiger partial charge in [0.25, 0.3) is 0 Å². The maximum absolute atomic E-state index is 12.4. The van der Waals surface area contributed by atoms with Crippen LogP contribution < -0.4 is 10.1 Å². The quantitative estimate of drug-likeness (QED) is 0.895. The van der Waals surface area contributed by atoms with Crippen LogP contribution in [0.3, 0.4) is 0 Å². The Kier molecular flexibility index (Phi) is 5.59. The van der Waals surface area contributed by atoms with Crippen molar-refractivity contribution in [2.75, 3.05) is 33.9 Å². The van der Waals surface area contributed by atoms with Crippen LogP contribution in [0.15, 0.2) is 24.3 Å². The minimum atomic E-state index is -0.0369. The number of methoxy groups -OCH3 is 1. The Morgan fingerprint density at radius 2 is 2.29 bits per heavy atom. The first kappa shape index (κ1) is 15.8. The third kappa shape index (κ3) is 3.95. The number of benzene rings is 1. The van der Waals surface area contributed by atoms with Crippen LogP contribution in [0, 0.1) is 0 Å². The van der Waals surface area contributed by atoms with E-state index in [0.29, 0.717) is 13.0 Å². The highest BCUT2D eigenvalue weighted by molar-refractivity contribution is 5.77. The molecule has 1 fully saturated rings. The molecule has 116 valence electrons. The van der Waals surface area contributed by atoms with E-state index in [0.717, 1.165) is 24.4 Å². The fourth-order valence-corrected chi connectivity index (χ4v) is 2.53. The van der Waals surface area contributed by atoms with Crippen molar-refractivity contribution in [1.82, 2.24) is 10.2 Å². The first-order valence-corrected chi connectivity index (χ1v) is 7.34. The molecule has 0 bridgehead atoms. The number of hydrogen-bond acceptors (Lipinski definition) is 4. The Balaban J connectivity index is 2.00. The summed E-state index contributed by atoms with van der Waals surface area (Å²) in [7, 11) is 3.48. The van der Waals surface area contributed by atoms with Crippen LogP contribution >= 0.6 is 0 Å². The molecule has 0 spiro atoms. The third-order valence-electron chi connectivity index (χ3n) is 3.97. The van der Waals surface area contributed by atoms with Gasteiger partial charge in [0.2, 0.25) is 5.91 Å². The molecular weight excluding hydrogens is 268 g/mol. The van der Waals surface area contributed by atoms with E-state index in [1.54, 1.807) is 12.0 Å². The van der Waals surface area contributed by atoms with Crippen LogP contribution in [0.1, 0.15) is 24.9 Å². The van der Waals surface area contributed by atoms with Gasteiger partial charge in [-0.15, -0.1) is 0 Å². The van der Waals surface area contributed by atoms with Gasteiger partial charge >= 0.3 is 0 Å². The first-order chi connectivity index (χ1) is 10.1. The van der Waals surface area contributed by atoms with Gasteiger partial charge < -0.3 is 19.7 Å². The van der Waals surface area contributed by atoms with Crippen molar-refractivity contribution >= 4 is 5.91 Å². The minimum Gasteiger partial charge on any atom is -0.496 e. The van der Waals surface area contributed by atoms with Crippen molar-refractivity contribution < 1.29 is 14.3 Å². The Morgan fingerprint density at radius 1 is 1.52 bits per heavy atom. The lowest BCUT2D eigenvalue weighted by molar-refractivity contribution is -0.135. The molecule has 1 saturated heterocycles. The minimum absolute atomic E-state index is 0.0291. The lowest BCUT2D eigenvalue weighted by Gasteiger charge is -2.29. The number of morpholine rings is 1. The summed E-state index contributed by atoms with van der Waals surface area (Å²) >= 11 is 0. The highest BCUT2D eigenvalue weighted by atomic mass is 16.5. The molecule has 1 aliphatic heterocycles. The lowest BCUT2D eigenvalue weighted by Crippen LogP contribution is -2.42. The predicted molar refractivity (Wildman–Crippen MR) is 81.4 cm³/mol. The molecule has 1 aromatic rings. The van der Waals surface area contributed by atoms with Gasteiger partial charge in [0.15, 0.2) is 0 Å². The van der Waals surface area contributed by atoms with E-state index in [1.807, 2.05) is 38.2 Å². The molecule has 1 aromatic carbocycles. The molecule has 1 aliphatic rings. The largest absolute Gasteiger partial charge is 0.496 e. The van der Waals surface area contributed by atoms with Crippen molar-refractivity contribution in [3.05, 3.63) is 29.8 Å². The average Bonchev–Trinajstić information content (AvgIpc) is 2.54. The van der Waals surface area contributed by atoms with Crippen LogP contribution in [0.4, 0.5) is 0 Å². The molecule has 21 heavy (non-hydrogen) atoms. The number of carbonyl (C=O) groups is 1. The van der Waals surface area contributed by atoms with E-state index in [2.05, 4.69) is 5.32 Å². The van der Waals surface area contributed by atoms with E-state index >= 15 is 0 Å². The topological polar surface area (TPSA) is 50.8 Å². The van der Waals surface area contributed by atoms with Crippen molar-refractivity contribution in [3.8, 4) is 5.75 Å². The Labute approximate surface area is 126 Å². The summed E-state index contributed by atoms with van der Waals surface area (Å²) in [5.41, 5.74) is 1.01. The zero-order valence-corrected chi connectivity index (χ0v) is 13.0. The Hall–Kier alpha value is -1.59. The number of rotatable bonds is 5. The number of amides is 1. The normalized spacial score (nSPS) is 19.9. The number of nitrogens with zero attached hydrogens (tertiary/aromatic N) is 1. The Morgan fingerprint density at radius 3 is 2.95 bits per heavy atom. The van der Waals surface area contributed by atoms with E-state index in [-0.39, 0.29) is 18.1 Å². The van der Waals surface area contributed by atoms with Gasteiger partial charge in [-0.3, -0.25) is 4.79 Å². The van der Waals surface area contributed by atoms with Gasteiger partial charge in [-0.2, -0.15) is 0 Å². The molecule has 1 amide bonds. The second-order valence-corrected chi connectivity index (χ2v) is 5.32. The summed E-state index contributed by atoms with van der Waals surface area (Å²) in [6.07, 6.45) is 0.377. The lowest BCUT2D eigenvalue weighted by atomic mass is 10.1. The number of nitrogens with one attached hydrogen (secondary N) is 1. The average molecular weight is 292 g/mol. The monoisotopic (exact) mass is 292 g/mol. The van der Waals surface area contributed by atoms with Crippen LogP contribution in [0.2, 0.25) is 0 Å². The fourth-order valence-electron chi connectivity index (χ4n) is 2.53. The molecule has 5 heteroatoms. The maximum atomic E-state index is 12.4. The smallest absolute Gasteiger partial charge is 0.225 e. The highest BCUT2D eigenvalue weighted by Gasteiger charge is 2.24. The number of hydrogen-bond donors (Lipinski definition) is 1. The number of ether oxygens (including phenoxy) is 2. The standard InChI is InChI=1S/C16H24N2O3/c1-12(14-6-4-5-7-15(14)20-3)18(2)16(19)10-13-11-17-8-9-21-13/h4-7,12-13,17H,8-11H2,1-3H3. The third-order valence-corrected chi connectivity index (χ3v) is 3.97. The molecule has 2 rings (SSSR count). The van der Waals surface area contributed by atoms with E-state index in [9.17, 15) is 4.79 Å². The van der Waals surface area contributed by atoms with Gasteiger partial charge in [-0.1, -0.05) is 18.2 Å². The zero-order valence-electron chi connectivity index (χ0n) is 13.0. The summed E-state index contributed by atoms with van der Waals surface area (Å²) in [5.74, 6) is 0.891. The van der Waals surface area contributed by atoms with Crippen LogP contribution in [0.25, 0.3) is 0 Å². The summed E-state index contributed by atoms with van der Waals surface area (Å²) < 4.78 is 11.0. The Bertz CT molecular complexity index is 472. The van der Waals surface area contributed by atoms with Crippen molar-refractivity contribution in [2.45, 2.75) is 25.5 Å². The SMILES string of the molecule is COc1ccccc1C(C)N(C)C(=O)CC1CNCCO1.